The van der Waals surface area contributed by atoms with Crippen LogP contribution in [0, 0.1) is 5.92 Å². The van der Waals surface area contributed by atoms with Crippen LogP contribution in [0.5, 0.6) is 0 Å². The van der Waals surface area contributed by atoms with Crippen LogP contribution < -0.4 is 5.32 Å². The molecule has 50 valence electrons. The molecule has 1 heterocycles. The van der Waals surface area contributed by atoms with E-state index >= 15 is 0 Å². The minimum Gasteiger partial charge on any atom is -0.311 e. The molecule has 0 saturated carbocycles. The first-order valence-electron chi connectivity index (χ1n) is 3.47. The van der Waals surface area contributed by atoms with Gasteiger partial charge < -0.3 is 5.32 Å². The smallest absolute Gasteiger partial charge is 0.0261 e. The monoisotopic (exact) mass is 123 g/mol. The lowest BCUT2D eigenvalue weighted by Crippen LogP contribution is -2.05. The molecule has 2 unspecified atom stereocenters. The zero-order valence-corrected chi connectivity index (χ0v) is 5.85. The Labute approximate surface area is 56.5 Å². The van der Waals surface area contributed by atoms with Crippen molar-refractivity contribution < 1.29 is 0 Å². The molecule has 0 bridgehead atoms. The van der Waals surface area contributed by atoms with Crippen molar-refractivity contribution in [2.45, 2.75) is 19.4 Å². The van der Waals surface area contributed by atoms with Crippen molar-refractivity contribution in [2.24, 2.45) is 5.92 Å². The normalized spacial score (nSPS) is 26.6. The van der Waals surface area contributed by atoms with Crippen molar-refractivity contribution in [1.29, 1.82) is 0 Å². The molecule has 0 aromatic carbocycles. The predicted octanol–water partition coefficient (Wildman–Crippen LogP) is 1.33. The van der Waals surface area contributed by atoms with Gasteiger partial charge >= 0.3 is 0 Å². The Bertz CT molecular complexity index is 130. The van der Waals surface area contributed by atoms with E-state index in [0.717, 1.165) is 6.04 Å². The number of hydrogen-bond donors (Lipinski definition) is 1. The summed E-state index contributed by atoms with van der Waals surface area (Å²) in [6.45, 7) is 6.92. The summed E-state index contributed by atoms with van der Waals surface area (Å²) in [5, 5.41) is 3.27. The second kappa shape index (κ2) is 2.86. The Morgan fingerprint density at radius 2 is 2.67 bits per heavy atom. The molecule has 1 heteroatoms. The zero-order chi connectivity index (χ0) is 6.69. The Kier molecular flexibility index (Phi) is 2.10. The van der Waals surface area contributed by atoms with Crippen molar-refractivity contribution in [3.05, 3.63) is 18.4 Å². The standard InChI is InChI=1S/C8H13N/c1-3-5-7(4-2)8-6-9-8/h5,7-9H,1,4,6H2,2H3. The molecule has 0 amide bonds. The first-order valence-corrected chi connectivity index (χ1v) is 3.47. The average molecular weight is 123 g/mol. The largest absolute Gasteiger partial charge is 0.311 e. The Morgan fingerprint density at radius 3 is 3.00 bits per heavy atom. The number of rotatable bonds is 3. The summed E-state index contributed by atoms with van der Waals surface area (Å²) in [6, 6.07) is 0.726. The highest BCUT2D eigenvalue weighted by Gasteiger charge is 2.26. The molecule has 1 nitrogen and oxygen atoms in total. The Morgan fingerprint density at radius 1 is 2.00 bits per heavy atom. The van der Waals surface area contributed by atoms with Gasteiger partial charge in [0.2, 0.25) is 0 Å². The lowest BCUT2D eigenvalue weighted by Gasteiger charge is -2.02. The molecule has 1 aliphatic heterocycles. The van der Waals surface area contributed by atoms with Gasteiger partial charge in [0.05, 0.1) is 0 Å². The third-order valence-corrected chi connectivity index (χ3v) is 1.76. The summed E-state index contributed by atoms with van der Waals surface area (Å²) in [5.74, 6) is 0.669. The van der Waals surface area contributed by atoms with Crippen LogP contribution in [0.2, 0.25) is 0 Å². The third-order valence-electron chi connectivity index (χ3n) is 1.76. The van der Waals surface area contributed by atoms with Gasteiger partial charge in [-0.2, -0.15) is 0 Å². The third kappa shape index (κ3) is 1.70. The van der Waals surface area contributed by atoms with Crippen molar-refractivity contribution in [3.8, 4) is 0 Å². The molecule has 1 N–H and O–H groups in total. The van der Waals surface area contributed by atoms with E-state index in [0.29, 0.717) is 5.92 Å². The second-order valence-corrected chi connectivity index (χ2v) is 2.46. The molecule has 1 rings (SSSR count). The van der Waals surface area contributed by atoms with E-state index in [1.54, 1.807) is 0 Å². The molecule has 2 atom stereocenters. The van der Waals surface area contributed by atoms with Gasteiger partial charge in [-0.3, -0.25) is 0 Å². The topological polar surface area (TPSA) is 21.9 Å². The minimum absolute atomic E-state index is 0.669. The fourth-order valence-electron chi connectivity index (χ4n) is 1.04. The molecule has 0 aromatic rings. The average Bonchev–Trinajstić information content (AvgIpc) is 2.64. The highest BCUT2D eigenvalue weighted by molar-refractivity contribution is 4.99. The molecule has 0 aliphatic carbocycles. The molecular weight excluding hydrogens is 110 g/mol. The minimum atomic E-state index is 0.669. The quantitative estimate of drug-likeness (QED) is 0.444. The summed E-state index contributed by atoms with van der Waals surface area (Å²) < 4.78 is 0. The van der Waals surface area contributed by atoms with E-state index in [2.05, 4.69) is 30.6 Å². The lowest BCUT2D eigenvalue weighted by atomic mass is 10.0. The van der Waals surface area contributed by atoms with Crippen LogP contribution >= 0.6 is 0 Å². The van der Waals surface area contributed by atoms with Gasteiger partial charge in [0.1, 0.15) is 0 Å². The van der Waals surface area contributed by atoms with E-state index in [4.69, 9.17) is 0 Å². The van der Waals surface area contributed by atoms with Crippen LogP contribution in [-0.2, 0) is 0 Å². The van der Waals surface area contributed by atoms with E-state index in [-0.39, 0.29) is 0 Å². The van der Waals surface area contributed by atoms with Crippen LogP contribution in [0.4, 0.5) is 0 Å². The van der Waals surface area contributed by atoms with Crippen molar-refractivity contribution in [3.63, 3.8) is 0 Å². The van der Waals surface area contributed by atoms with E-state index in [1.165, 1.54) is 13.0 Å². The van der Waals surface area contributed by atoms with E-state index < -0.39 is 0 Å². The maximum Gasteiger partial charge on any atom is 0.0261 e. The van der Waals surface area contributed by atoms with Gasteiger partial charge in [0.25, 0.3) is 0 Å². The summed E-state index contributed by atoms with van der Waals surface area (Å²) >= 11 is 0. The van der Waals surface area contributed by atoms with Gasteiger partial charge in [-0.1, -0.05) is 13.5 Å². The zero-order valence-electron chi connectivity index (χ0n) is 5.85. The van der Waals surface area contributed by atoms with Crippen molar-refractivity contribution in [2.75, 3.05) is 6.54 Å². The SMILES string of the molecule is C=C=CC(CC)C1CN1. The maximum atomic E-state index is 3.55. The van der Waals surface area contributed by atoms with Gasteiger partial charge in [-0.05, 0) is 12.5 Å². The molecule has 9 heavy (non-hydrogen) atoms. The van der Waals surface area contributed by atoms with Crippen LogP contribution in [0.25, 0.3) is 0 Å². The van der Waals surface area contributed by atoms with Crippen molar-refractivity contribution in [1.82, 2.24) is 5.32 Å². The first kappa shape index (κ1) is 6.60. The number of nitrogens with one attached hydrogen (secondary N) is 1. The van der Waals surface area contributed by atoms with Crippen LogP contribution in [0.3, 0.4) is 0 Å². The Hall–Kier alpha value is -0.520. The van der Waals surface area contributed by atoms with Crippen LogP contribution in [-0.4, -0.2) is 12.6 Å². The van der Waals surface area contributed by atoms with Crippen LogP contribution in [0.15, 0.2) is 18.4 Å². The Balaban J connectivity index is 2.37. The summed E-state index contributed by atoms with van der Waals surface area (Å²) in [6.07, 6.45) is 3.25. The highest BCUT2D eigenvalue weighted by atomic mass is 15.1. The summed E-state index contributed by atoms with van der Waals surface area (Å²) in [5.41, 5.74) is 2.83. The summed E-state index contributed by atoms with van der Waals surface area (Å²) in [7, 11) is 0. The lowest BCUT2D eigenvalue weighted by molar-refractivity contribution is 0.613. The summed E-state index contributed by atoms with van der Waals surface area (Å²) in [4.78, 5) is 0. The van der Waals surface area contributed by atoms with Gasteiger partial charge in [-0.25, -0.2) is 0 Å². The second-order valence-electron chi connectivity index (χ2n) is 2.46. The predicted molar refractivity (Wildman–Crippen MR) is 39.3 cm³/mol. The molecular formula is C8H13N. The van der Waals surface area contributed by atoms with E-state index in [9.17, 15) is 0 Å². The van der Waals surface area contributed by atoms with Gasteiger partial charge in [0.15, 0.2) is 0 Å². The van der Waals surface area contributed by atoms with Gasteiger partial charge in [0, 0.05) is 18.5 Å². The maximum absolute atomic E-state index is 3.55. The fourth-order valence-corrected chi connectivity index (χ4v) is 1.04. The first-order chi connectivity index (χ1) is 4.38. The molecule has 0 aromatic heterocycles. The molecule has 0 spiro atoms. The molecule has 1 saturated heterocycles. The van der Waals surface area contributed by atoms with E-state index in [1.807, 2.05) is 0 Å². The fraction of sp³-hybridized carbons (Fsp3) is 0.625. The van der Waals surface area contributed by atoms with Crippen LogP contribution in [0.1, 0.15) is 13.3 Å². The molecule has 1 fully saturated rings. The van der Waals surface area contributed by atoms with Gasteiger partial charge in [-0.15, -0.1) is 5.73 Å². The molecule has 0 radical (unpaired) electrons. The highest BCUT2D eigenvalue weighted by Crippen LogP contribution is 2.16. The number of hydrogen-bond acceptors (Lipinski definition) is 1. The molecule has 1 aliphatic rings. The van der Waals surface area contributed by atoms with Crippen molar-refractivity contribution >= 4 is 0 Å².